The first-order valence-corrected chi connectivity index (χ1v) is 6.02. The van der Waals surface area contributed by atoms with Gasteiger partial charge in [0.15, 0.2) is 0 Å². The summed E-state index contributed by atoms with van der Waals surface area (Å²) in [6, 6.07) is 8.69. The van der Waals surface area contributed by atoms with Crippen LogP contribution in [0.4, 0.5) is 0 Å². The molecule has 0 unspecified atom stereocenters. The number of nitriles is 1. The van der Waals surface area contributed by atoms with Crippen molar-refractivity contribution in [3.8, 4) is 6.07 Å². The van der Waals surface area contributed by atoms with E-state index in [4.69, 9.17) is 5.26 Å². The number of ketones is 1. The van der Waals surface area contributed by atoms with E-state index < -0.39 is 0 Å². The van der Waals surface area contributed by atoms with E-state index in [0.29, 0.717) is 36.8 Å². The molecule has 1 aliphatic rings. The summed E-state index contributed by atoms with van der Waals surface area (Å²) in [5.74, 6) is 0.0958. The van der Waals surface area contributed by atoms with Crippen LogP contribution in [-0.2, 0) is 4.79 Å². The highest BCUT2D eigenvalue weighted by Crippen LogP contribution is 2.15. The van der Waals surface area contributed by atoms with E-state index in [1.807, 2.05) is 6.07 Å². The molecular formula is C14H14N2O2. The second-order valence-electron chi connectivity index (χ2n) is 4.48. The third kappa shape index (κ3) is 2.95. The summed E-state index contributed by atoms with van der Waals surface area (Å²) in [7, 11) is 0. The summed E-state index contributed by atoms with van der Waals surface area (Å²) in [6.45, 7) is 0. The van der Waals surface area contributed by atoms with E-state index in [0.717, 1.165) is 0 Å². The largest absolute Gasteiger partial charge is 0.349 e. The standard InChI is InChI=1S/C14H14N2O2/c15-9-10-2-1-3-11(8-10)14(18)16-12-4-6-13(17)7-5-12/h1-3,8,12H,4-7H2,(H,16,18). The summed E-state index contributed by atoms with van der Waals surface area (Å²) < 4.78 is 0. The number of hydrogen-bond acceptors (Lipinski definition) is 3. The highest BCUT2D eigenvalue weighted by molar-refractivity contribution is 5.94. The minimum Gasteiger partial charge on any atom is -0.349 e. The Morgan fingerprint density at radius 3 is 2.72 bits per heavy atom. The van der Waals surface area contributed by atoms with Crippen molar-refractivity contribution in [2.45, 2.75) is 31.7 Å². The number of rotatable bonds is 2. The predicted octanol–water partition coefficient (Wildman–Crippen LogP) is 1.80. The molecule has 92 valence electrons. The number of hydrogen-bond donors (Lipinski definition) is 1. The van der Waals surface area contributed by atoms with Crippen LogP contribution < -0.4 is 5.32 Å². The Labute approximate surface area is 106 Å². The Morgan fingerprint density at radius 1 is 1.33 bits per heavy atom. The lowest BCUT2D eigenvalue weighted by Crippen LogP contribution is -2.37. The van der Waals surface area contributed by atoms with E-state index in [1.165, 1.54) is 0 Å². The summed E-state index contributed by atoms with van der Waals surface area (Å²) in [4.78, 5) is 23.1. The molecule has 1 aromatic rings. The van der Waals surface area contributed by atoms with Gasteiger partial charge in [0.25, 0.3) is 5.91 Å². The Kier molecular flexibility index (Phi) is 3.73. The van der Waals surface area contributed by atoms with Crippen LogP contribution in [0.25, 0.3) is 0 Å². The van der Waals surface area contributed by atoms with Crippen molar-refractivity contribution in [2.24, 2.45) is 0 Å². The molecule has 4 heteroatoms. The van der Waals surface area contributed by atoms with Gasteiger partial charge in [0.05, 0.1) is 11.6 Å². The molecule has 0 heterocycles. The molecule has 4 nitrogen and oxygen atoms in total. The van der Waals surface area contributed by atoms with E-state index in [-0.39, 0.29) is 17.7 Å². The van der Waals surface area contributed by atoms with Crippen molar-refractivity contribution in [1.29, 1.82) is 5.26 Å². The molecule has 0 aliphatic heterocycles. The fraction of sp³-hybridized carbons (Fsp3) is 0.357. The molecule has 1 aromatic carbocycles. The first kappa shape index (κ1) is 12.3. The molecule has 2 rings (SSSR count). The van der Waals surface area contributed by atoms with Gasteiger partial charge in [-0.15, -0.1) is 0 Å². The SMILES string of the molecule is N#Cc1cccc(C(=O)NC2CCC(=O)CC2)c1. The Morgan fingerprint density at radius 2 is 2.06 bits per heavy atom. The number of nitrogens with zero attached hydrogens (tertiary/aromatic N) is 1. The van der Waals surface area contributed by atoms with E-state index in [2.05, 4.69) is 5.32 Å². The quantitative estimate of drug-likeness (QED) is 0.859. The van der Waals surface area contributed by atoms with Gasteiger partial charge in [0, 0.05) is 24.4 Å². The number of Topliss-reactive ketones (excluding diaryl/α,β-unsaturated/α-hetero) is 1. The zero-order chi connectivity index (χ0) is 13.0. The number of benzene rings is 1. The Bertz CT molecular complexity index is 507. The van der Waals surface area contributed by atoms with Crippen LogP contribution in [0.3, 0.4) is 0 Å². The molecule has 0 bridgehead atoms. The molecule has 18 heavy (non-hydrogen) atoms. The maximum absolute atomic E-state index is 12.0. The second-order valence-corrected chi connectivity index (χ2v) is 4.48. The van der Waals surface area contributed by atoms with Gasteiger partial charge >= 0.3 is 0 Å². The van der Waals surface area contributed by atoms with Gasteiger partial charge < -0.3 is 5.32 Å². The monoisotopic (exact) mass is 242 g/mol. The summed E-state index contributed by atoms with van der Waals surface area (Å²) >= 11 is 0. The van der Waals surface area contributed by atoms with Crippen LogP contribution in [0, 0.1) is 11.3 Å². The van der Waals surface area contributed by atoms with Crippen molar-refractivity contribution in [1.82, 2.24) is 5.32 Å². The lowest BCUT2D eigenvalue weighted by molar-refractivity contribution is -0.120. The van der Waals surface area contributed by atoms with Crippen LogP contribution in [0.1, 0.15) is 41.6 Å². The number of carbonyl (C=O) groups excluding carboxylic acids is 2. The molecule has 0 spiro atoms. The molecule has 0 saturated heterocycles. The Hall–Kier alpha value is -2.15. The van der Waals surface area contributed by atoms with Crippen LogP contribution in [0.2, 0.25) is 0 Å². The first-order chi connectivity index (χ1) is 8.69. The minimum atomic E-state index is -0.175. The normalized spacial score (nSPS) is 16.1. The minimum absolute atomic E-state index is 0.0703. The fourth-order valence-electron chi connectivity index (χ4n) is 2.08. The van der Waals surface area contributed by atoms with Gasteiger partial charge in [0.2, 0.25) is 0 Å². The van der Waals surface area contributed by atoms with Gasteiger partial charge in [-0.1, -0.05) is 6.07 Å². The van der Waals surface area contributed by atoms with Crippen molar-refractivity contribution in [3.05, 3.63) is 35.4 Å². The van der Waals surface area contributed by atoms with Crippen molar-refractivity contribution < 1.29 is 9.59 Å². The summed E-state index contributed by atoms with van der Waals surface area (Å²) in [6.07, 6.45) is 2.51. The first-order valence-electron chi connectivity index (χ1n) is 6.02. The number of amides is 1. The van der Waals surface area contributed by atoms with Crippen LogP contribution in [-0.4, -0.2) is 17.7 Å². The molecule has 0 atom stereocenters. The van der Waals surface area contributed by atoms with Gasteiger partial charge in [-0.2, -0.15) is 5.26 Å². The predicted molar refractivity (Wildman–Crippen MR) is 65.9 cm³/mol. The summed E-state index contributed by atoms with van der Waals surface area (Å²) in [5, 5.41) is 11.7. The maximum Gasteiger partial charge on any atom is 0.251 e. The molecule has 0 radical (unpaired) electrons. The van der Waals surface area contributed by atoms with Gasteiger partial charge in [-0.25, -0.2) is 0 Å². The second kappa shape index (κ2) is 5.46. The van der Waals surface area contributed by atoms with Crippen molar-refractivity contribution >= 4 is 11.7 Å². The van der Waals surface area contributed by atoms with E-state index in [9.17, 15) is 9.59 Å². The van der Waals surface area contributed by atoms with Crippen molar-refractivity contribution in [2.75, 3.05) is 0 Å². The highest BCUT2D eigenvalue weighted by atomic mass is 16.1. The molecule has 1 saturated carbocycles. The van der Waals surface area contributed by atoms with E-state index in [1.54, 1.807) is 24.3 Å². The molecule has 0 aromatic heterocycles. The Balaban J connectivity index is 1.99. The van der Waals surface area contributed by atoms with Crippen LogP contribution >= 0.6 is 0 Å². The highest BCUT2D eigenvalue weighted by Gasteiger charge is 2.20. The maximum atomic E-state index is 12.0. The average Bonchev–Trinajstić information content (AvgIpc) is 2.41. The average molecular weight is 242 g/mol. The molecule has 1 N–H and O–H groups in total. The fourth-order valence-corrected chi connectivity index (χ4v) is 2.08. The van der Waals surface area contributed by atoms with Gasteiger partial charge in [0.1, 0.15) is 5.78 Å². The van der Waals surface area contributed by atoms with E-state index >= 15 is 0 Å². The smallest absolute Gasteiger partial charge is 0.251 e. The van der Waals surface area contributed by atoms with Crippen molar-refractivity contribution in [3.63, 3.8) is 0 Å². The van der Waals surface area contributed by atoms with Crippen LogP contribution in [0.5, 0.6) is 0 Å². The topological polar surface area (TPSA) is 70.0 Å². The van der Waals surface area contributed by atoms with Gasteiger partial charge in [-0.3, -0.25) is 9.59 Å². The summed E-state index contributed by atoms with van der Waals surface area (Å²) in [5.41, 5.74) is 0.965. The molecule has 1 aliphatic carbocycles. The third-order valence-electron chi connectivity index (χ3n) is 3.13. The number of carbonyl (C=O) groups is 2. The van der Waals surface area contributed by atoms with Gasteiger partial charge in [-0.05, 0) is 31.0 Å². The lowest BCUT2D eigenvalue weighted by Gasteiger charge is -2.22. The lowest BCUT2D eigenvalue weighted by atomic mass is 9.94. The van der Waals surface area contributed by atoms with Crippen LogP contribution in [0.15, 0.2) is 24.3 Å². The number of nitrogens with one attached hydrogen (secondary N) is 1. The molecule has 1 amide bonds. The molecular weight excluding hydrogens is 228 g/mol. The third-order valence-corrected chi connectivity index (χ3v) is 3.13. The zero-order valence-electron chi connectivity index (χ0n) is 9.98. The zero-order valence-corrected chi connectivity index (χ0v) is 9.98. The molecule has 1 fully saturated rings.